The van der Waals surface area contributed by atoms with Crippen molar-refractivity contribution in [2.75, 3.05) is 0 Å². The van der Waals surface area contributed by atoms with Crippen LogP contribution in [-0.2, 0) is 9.53 Å². The summed E-state index contributed by atoms with van der Waals surface area (Å²) in [6.07, 6.45) is 5.05. The zero-order chi connectivity index (χ0) is 12.2. The lowest BCUT2D eigenvalue weighted by Crippen LogP contribution is -2.41. The summed E-state index contributed by atoms with van der Waals surface area (Å²) in [6.45, 7) is 4.32. The molecule has 2 bridgehead atoms. The zero-order valence-corrected chi connectivity index (χ0v) is 10.3. The van der Waals surface area contributed by atoms with Crippen LogP contribution < -0.4 is 0 Å². The molecule has 1 N–H and O–H groups in total. The van der Waals surface area contributed by atoms with Gasteiger partial charge in [-0.3, -0.25) is 0 Å². The van der Waals surface area contributed by atoms with Crippen LogP contribution in [-0.4, -0.2) is 16.9 Å². The van der Waals surface area contributed by atoms with Gasteiger partial charge in [0.15, 0.2) is 0 Å². The maximum Gasteiger partial charge on any atom is 0.333 e. The normalized spacial score (nSPS) is 40.6. The number of carbonyl (C=O) groups excluding carboxylic acids is 1. The molecule has 3 nitrogen and oxygen atoms in total. The smallest absolute Gasteiger partial charge is 0.333 e. The molecule has 3 unspecified atom stereocenters. The first-order chi connectivity index (χ1) is 8.00. The molecule has 2 aliphatic carbocycles. The first-order valence-corrected chi connectivity index (χ1v) is 6.33. The summed E-state index contributed by atoms with van der Waals surface area (Å²) < 4.78 is 5.20. The SMILES string of the molecule is CC1=C(C)C2CCC3=CC(=O)OC3(O)C(C1)C2. The molecule has 0 aromatic carbocycles. The molecule has 3 atom stereocenters. The van der Waals surface area contributed by atoms with Crippen molar-refractivity contribution in [3.63, 3.8) is 0 Å². The van der Waals surface area contributed by atoms with E-state index >= 15 is 0 Å². The van der Waals surface area contributed by atoms with Gasteiger partial charge in [-0.05, 0) is 45.4 Å². The van der Waals surface area contributed by atoms with Crippen LogP contribution in [0.25, 0.3) is 0 Å². The van der Waals surface area contributed by atoms with Crippen LogP contribution in [0.15, 0.2) is 22.8 Å². The molecule has 0 aromatic heterocycles. The van der Waals surface area contributed by atoms with Crippen molar-refractivity contribution < 1.29 is 14.6 Å². The molecule has 3 aliphatic rings. The summed E-state index contributed by atoms with van der Waals surface area (Å²) in [4.78, 5) is 11.4. The highest BCUT2D eigenvalue weighted by Crippen LogP contribution is 2.50. The van der Waals surface area contributed by atoms with Gasteiger partial charge in [0, 0.05) is 17.6 Å². The maximum absolute atomic E-state index is 11.4. The predicted molar refractivity (Wildman–Crippen MR) is 62.9 cm³/mol. The van der Waals surface area contributed by atoms with Gasteiger partial charge >= 0.3 is 5.97 Å². The Balaban J connectivity index is 2.02. The predicted octanol–water partition coefficient (Wildman–Crippen LogP) is 2.31. The fraction of sp³-hybridized carbons (Fsp3) is 0.643. The quantitative estimate of drug-likeness (QED) is 0.517. The Labute approximate surface area is 101 Å². The lowest BCUT2D eigenvalue weighted by Gasteiger charge is -2.36. The van der Waals surface area contributed by atoms with E-state index in [4.69, 9.17) is 4.74 Å². The van der Waals surface area contributed by atoms with Gasteiger partial charge < -0.3 is 9.84 Å². The monoisotopic (exact) mass is 234 g/mol. The van der Waals surface area contributed by atoms with E-state index in [-0.39, 0.29) is 11.9 Å². The second-order valence-corrected chi connectivity index (χ2v) is 5.62. The van der Waals surface area contributed by atoms with E-state index in [1.54, 1.807) is 0 Å². The van der Waals surface area contributed by atoms with Crippen molar-refractivity contribution in [3.05, 3.63) is 22.8 Å². The Hall–Kier alpha value is -1.09. The van der Waals surface area contributed by atoms with E-state index in [0.717, 1.165) is 31.3 Å². The average Bonchev–Trinajstić information content (AvgIpc) is 2.51. The Morgan fingerprint density at radius 1 is 1.47 bits per heavy atom. The standard InChI is InChI=1S/C14H18O3/c1-8-5-12-6-10(9(8)2)3-4-11-7-13(15)17-14(11,12)16/h7,10,12,16H,3-6H2,1-2H3. The number of rotatable bonds is 0. The molecular formula is C14H18O3. The third-order valence-electron chi connectivity index (χ3n) is 4.73. The van der Waals surface area contributed by atoms with Crippen molar-refractivity contribution in [1.29, 1.82) is 0 Å². The Bertz CT molecular complexity index is 446. The molecule has 1 heterocycles. The van der Waals surface area contributed by atoms with Crippen LogP contribution in [0, 0.1) is 11.8 Å². The van der Waals surface area contributed by atoms with Gasteiger partial charge in [0.05, 0.1) is 0 Å². The summed E-state index contributed by atoms with van der Waals surface area (Å²) in [5.74, 6) is -1.11. The van der Waals surface area contributed by atoms with Crippen LogP contribution in [0.2, 0.25) is 0 Å². The van der Waals surface area contributed by atoms with Gasteiger partial charge in [-0.15, -0.1) is 0 Å². The van der Waals surface area contributed by atoms with Gasteiger partial charge in [-0.2, -0.15) is 0 Å². The highest BCUT2D eigenvalue weighted by atomic mass is 16.7. The van der Waals surface area contributed by atoms with Crippen molar-refractivity contribution in [3.8, 4) is 0 Å². The van der Waals surface area contributed by atoms with E-state index in [1.807, 2.05) is 0 Å². The molecule has 1 fully saturated rings. The Kier molecular flexibility index (Phi) is 2.24. The highest BCUT2D eigenvalue weighted by Gasteiger charge is 2.51. The van der Waals surface area contributed by atoms with Crippen LogP contribution in [0.4, 0.5) is 0 Å². The fourth-order valence-corrected chi connectivity index (χ4v) is 3.54. The van der Waals surface area contributed by atoms with Crippen molar-refractivity contribution in [2.45, 2.75) is 45.3 Å². The van der Waals surface area contributed by atoms with Crippen molar-refractivity contribution >= 4 is 5.97 Å². The maximum atomic E-state index is 11.4. The lowest BCUT2D eigenvalue weighted by molar-refractivity contribution is -0.201. The molecule has 0 spiro atoms. The summed E-state index contributed by atoms with van der Waals surface area (Å²) in [5, 5.41) is 10.6. The van der Waals surface area contributed by atoms with Crippen molar-refractivity contribution in [2.24, 2.45) is 11.8 Å². The summed E-state index contributed by atoms with van der Waals surface area (Å²) in [7, 11) is 0. The first-order valence-electron chi connectivity index (χ1n) is 6.33. The summed E-state index contributed by atoms with van der Waals surface area (Å²) >= 11 is 0. The van der Waals surface area contributed by atoms with E-state index in [2.05, 4.69) is 13.8 Å². The number of fused-ring (bicyclic) bond motifs is 4. The van der Waals surface area contributed by atoms with Crippen LogP contribution in [0.1, 0.15) is 39.5 Å². The molecule has 0 aromatic rings. The minimum absolute atomic E-state index is 0.0383. The number of ether oxygens (including phenoxy) is 1. The lowest BCUT2D eigenvalue weighted by atomic mass is 9.75. The number of carbonyl (C=O) groups is 1. The van der Waals surface area contributed by atoms with Gasteiger partial charge in [0.1, 0.15) is 0 Å². The Morgan fingerprint density at radius 3 is 3.00 bits per heavy atom. The zero-order valence-electron chi connectivity index (χ0n) is 10.3. The van der Waals surface area contributed by atoms with Crippen LogP contribution in [0.3, 0.4) is 0 Å². The largest absolute Gasteiger partial charge is 0.426 e. The Morgan fingerprint density at radius 2 is 2.24 bits per heavy atom. The molecule has 1 saturated carbocycles. The molecule has 3 rings (SSSR count). The topological polar surface area (TPSA) is 46.5 Å². The number of aliphatic hydroxyl groups is 1. The summed E-state index contributed by atoms with van der Waals surface area (Å²) in [5.41, 5.74) is 3.61. The molecule has 0 saturated heterocycles. The molecule has 17 heavy (non-hydrogen) atoms. The number of esters is 1. The number of allylic oxidation sites excluding steroid dienone is 2. The van der Waals surface area contributed by atoms with Gasteiger partial charge in [0.2, 0.25) is 5.79 Å². The first kappa shape index (κ1) is 11.0. The van der Waals surface area contributed by atoms with Gasteiger partial charge in [-0.1, -0.05) is 11.1 Å². The second kappa shape index (κ2) is 3.45. The van der Waals surface area contributed by atoms with E-state index in [9.17, 15) is 9.90 Å². The van der Waals surface area contributed by atoms with Gasteiger partial charge in [-0.25, -0.2) is 4.79 Å². The van der Waals surface area contributed by atoms with Gasteiger partial charge in [0.25, 0.3) is 0 Å². The van der Waals surface area contributed by atoms with E-state index < -0.39 is 5.79 Å². The van der Waals surface area contributed by atoms with Crippen LogP contribution in [0.5, 0.6) is 0 Å². The molecule has 3 heteroatoms. The van der Waals surface area contributed by atoms with E-state index in [1.165, 1.54) is 17.2 Å². The van der Waals surface area contributed by atoms with Crippen molar-refractivity contribution in [1.82, 2.24) is 0 Å². The minimum Gasteiger partial charge on any atom is -0.426 e. The molecular weight excluding hydrogens is 216 g/mol. The third kappa shape index (κ3) is 1.48. The molecule has 92 valence electrons. The average molecular weight is 234 g/mol. The molecule has 0 amide bonds. The number of hydrogen-bond acceptors (Lipinski definition) is 3. The highest BCUT2D eigenvalue weighted by molar-refractivity contribution is 5.86. The van der Waals surface area contributed by atoms with Crippen LogP contribution >= 0.6 is 0 Å². The third-order valence-corrected chi connectivity index (χ3v) is 4.73. The van der Waals surface area contributed by atoms with E-state index in [0.29, 0.717) is 5.92 Å². The summed E-state index contributed by atoms with van der Waals surface area (Å²) in [6, 6.07) is 0. The second-order valence-electron chi connectivity index (χ2n) is 5.62. The number of hydrogen-bond donors (Lipinski definition) is 1. The molecule has 0 radical (unpaired) electrons. The molecule has 1 aliphatic heterocycles. The minimum atomic E-state index is -1.31. The fourth-order valence-electron chi connectivity index (χ4n) is 3.54.